The summed E-state index contributed by atoms with van der Waals surface area (Å²) < 4.78 is 15.6. The van der Waals surface area contributed by atoms with Crippen LogP contribution in [-0.2, 0) is 16.0 Å². The van der Waals surface area contributed by atoms with Gasteiger partial charge in [0.15, 0.2) is 0 Å². The molecular formula is C21H25FN4O2. The number of halogens is 1. The van der Waals surface area contributed by atoms with Crippen LogP contribution in [0.2, 0.25) is 0 Å². The van der Waals surface area contributed by atoms with E-state index in [4.69, 9.17) is 0 Å². The Morgan fingerprint density at radius 1 is 1.21 bits per heavy atom. The molecule has 2 heterocycles. The smallest absolute Gasteiger partial charge is 0.281 e. The first-order chi connectivity index (χ1) is 13.4. The molecule has 0 aliphatic carbocycles. The zero-order valence-corrected chi connectivity index (χ0v) is 16.2. The Hall–Kier alpha value is -2.83. The van der Waals surface area contributed by atoms with Crippen molar-refractivity contribution in [1.82, 2.24) is 20.2 Å². The van der Waals surface area contributed by atoms with E-state index in [0.29, 0.717) is 31.5 Å². The molecule has 2 amide bonds. The molecule has 0 spiro atoms. The number of amides is 2. The topological polar surface area (TPSA) is 75.2 Å². The molecule has 1 saturated heterocycles. The van der Waals surface area contributed by atoms with E-state index in [2.05, 4.69) is 15.3 Å². The van der Waals surface area contributed by atoms with E-state index in [1.807, 2.05) is 13.0 Å². The molecule has 1 aliphatic rings. The number of alkyl halides is 1. The van der Waals surface area contributed by atoms with E-state index in [-0.39, 0.29) is 12.3 Å². The fraction of sp³-hybridized carbons (Fsp3) is 0.429. The number of aryl methyl sites for hydroxylation is 1. The van der Waals surface area contributed by atoms with Crippen molar-refractivity contribution >= 4 is 11.8 Å². The van der Waals surface area contributed by atoms with Gasteiger partial charge in [-0.3, -0.25) is 19.6 Å². The highest BCUT2D eigenvalue weighted by Gasteiger charge is 2.43. The summed E-state index contributed by atoms with van der Waals surface area (Å²) in [6.07, 6.45) is 4.63. The summed E-state index contributed by atoms with van der Waals surface area (Å²) in [5, 5.41) is 2.23. The lowest BCUT2D eigenvalue weighted by Gasteiger charge is -2.36. The molecule has 2 aromatic rings. The Morgan fingerprint density at radius 3 is 2.50 bits per heavy atom. The van der Waals surface area contributed by atoms with Crippen LogP contribution < -0.4 is 5.32 Å². The molecule has 0 bridgehead atoms. The first kappa shape index (κ1) is 19.9. The predicted molar refractivity (Wildman–Crippen MR) is 103 cm³/mol. The summed E-state index contributed by atoms with van der Waals surface area (Å²) in [4.78, 5) is 34.7. The van der Waals surface area contributed by atoms with Gasteiger partial charge in [-0.25, -0.2) is 4.39 Å². The zero-order chi connectivity index (χ0) is 20.1. The minimum atomic E-state index is -2.46. The maximum atomic E-state index is 15.6. The van der Waals surface area contributed by atoms with E-state index in [1.54, 1.807) is 36.7 Å². The Morgan fingerprint density at radius 2 is 1.89 bits per heavy atom. The number of carbonyl (C=O) groups excluding carboxylic acids is 2. The van der Waals surface area contributed by atoms with Crippen molar-refractivity contribution in [3.63, 3.8) is 0 Å². The van der Waals surface area contributed by atoms with Crippen LogP contribution in [0.4, 0.5) is 4.39 Å². The summed E-state index contributed by atoms with van der Waals surface area (Å²) in [6.45, 7) is 3.94. The molecule has 28 heavy (non-hydrogen) atoms. The van der Waals surface area contributed by atoms with Gasteiger partial charge in [0, 0.05) is 44.7 Å². The average Bonchev–Trinajstić information content (AvgIpc) is 2.67. The number of likely N-dealkylation sites (tertiary alicyclic amines) is 1. The van der Waals surface area contributed by atoms with Gasteiger partial charge in [0.2, 0.25) is 5.91 Å². The van der Waals surface area contributed by atoms with Crippen molar-refractivity contribution < 1.29 is 14.0 Å². The lowest BCUT2D eigenvalue weighted by atomic mass is 9.92. The minimum absolute atomic E-state index is 0.195. The highest BCUT2D eigenvalue weighted by Crippen LogP contribution is 2.28. The molecule has 1 aliphatic heterocycles. The number of carbonyl (C=O) groups is 2. The third kappa shape index (κ3) is 4.71. The summed E-state index contributed by atoms with van der Waals surface area (Å²) in [5.41, 5.74) is 2.41. The molecule has 148 valence electrons. The highest BCUT2D eigenvalue weighted by atomic mass is 19.1. The van der Waals surface area contributed by atoms with Crippen LogP contribution in [0, 0.1) is 6.92 Å². The summed E-state index contributed by atoms with van der Waals surface area (Å²) in [5.74, 6) is -3.53. The van der Waals surface area contributed by atoms with E-state index in [1.165, 1.54) is 11.8 Å². The molecule has 1 atom stereocenters. The number of nitrogens with zero attached hydrogens (tertiary/aromatic N) is 3. The lowest BCUT2D eigenvalue weighted by Crippen LogP contribution is -2.58. The molecule has 1 aromatic carbocycles. The van der Waals surface area contributed by atoms with Crippen molar-refractivity contribution in [2.75, 3.05) is 13.1 Å². The van der Waals surface area contributed by atoms with Crippen LogP contribution >= 0.6 is 0 Å². The predicted octanol–water partition coefficient (Wildman–Crippen LogP) is 2.54. The second-order valence-corrected chi connectivity index (χ2v) is 7.30. The Labute approximate surface area is 164 Å². The van der Waals surface area contributed by atoms with Gasteiger partial charge in [0.25, 0.3) is 11.7 Å². The molecule has 1 N–H and O–H groups in total. The van der Waals surface area contributed by atoms with Crippen molar-refractivity contribution in [1.29, 1.82) is 0 Å². The fourth-order valence-electron chi connectivity index (χ4n) is 3.64. The number of piperidine rings is 1. The molecule has 0 unspecified atom stereocenters. The first-order valence-corrected chi connectivity index (χ1v) is 9.47. The Balaban J connectivity index is 1.70. The molecule has 1 aromatic heterocycles. The molecule has 0 radical (unpaired) electrons. The quantitative estimate of drug-likeness (QED) is 0.804. The van der Waals surface area contributed by atoms with Crippen LogP contribution in [0.25, 0.3) is 0 Å². The number of hydrogen-bond donors (Lipinski definition) is 1. The normalized spacial score (nSPS) is 17.0. The molecule has 3 rings (SSSR count). The van der Waals surface area contributed by atoms with Gasteiger partial charge >= 0.3 is 0 Å². The number of benzene rings is 1. The zero-order valence-electron chi connectivity index (χ0n) is 16.2. The summed E-state index contributed by atoms with van der Waals surface area (Å²) >= 11 is 0. The Bertz CT molecular complexity index is 837. The van der Waals surface area contributed by atoms with Gasteiger partial charge in [-0.15, -0.1) is 0 Å². The molecule has 6 nitrogen and oxygen atoms in total. The van der Waals surface area contributed by atoms with Crippen molar-refractivity contribution in [3.8, 4) is 0 Å². The Kier molecular flexibility index (Phi) is 6.02. The maximum absolute atomic E-state index is 15.6. The lowest BCUT2D eigenvalue weighted by molar-refractivity contribution is -0.151. The third-order valence-corrected chi connectivity index (χ3v) is 4.98. The molecule has 0 saturated carbocycles. The van der Waals surface area contributed by atoms with E-state index in [9.17, 15) is 9.59 Å². The van der Waals surface area contributed by atoms with E-state index < -0.39 is 17.6 Å². The highest BCUT2D eigenvalue weighted by molar-refractivity contribution is 5.89. The van der Waals surface area contributed by atoms with Gasteiger partial charge in [-0.1, -0.05) is 30.3 Å². The maximum Gasteiger partial charge on any atom is 0.281 e. The standard InChI is InChI=1S/C21H25FN4O2/c1-15-13-23-14-19(24-15)18-8-10-26(11-9-18)20(28)21(22,25-16(2)27)12-17-6-4-3-5-7-17/h3-7,13-14,18H,8-12H2,1-2H3,(H,25,27)/t21-/m0/s1. The monoisotopic (exact) mass is 384 g/mol. The van der Waals surface area contributed by atoms with Crippen molar-refractivity contribution in [3.05, 3.63) is 59.7 Å². The number of nitrogens with one attached hydrogen (secondary N) is 1. The van der Waals surface area contributed by atoms with E-state index >= 15 is 4.39 Å². The summed E-state index contributed by atoms with van der Waals surface area (Å²) in [7, 11) is 0. The van der Waals surface area contributed by atoms with Crippen molar-refractivity contribution in [2.45, 2.75) is 44.8 Å². The molecule has 7 heteroatoms. The molecule has 1 fully saturated rings. The van der Waals surface area contributed by atoms with Gasteiger partial charge in [-0.05, 0) is 25.3 Å². The number of aromatic nitrogens is 2. The average molecular weight is 384 g/mol. The number of hydrogen-bond acceptors (Lipinski definition) is 4. The van der Waals surface area contributed by atoms with Gasteiger partial charge in [0.05, 0.1) is 11.4 Å². The fourth-order valence-corrected chi connectivity index (χ4v) is 3.64. The first-order valence-electron chi connectivity index (χ1n) is 9.47. The SMILES string of the molecule is CC(=O)N[C@@](F)(Cc1ccccc1)C(=O)N1CCC(c2cncc(C)n2)CC1. The van der Waals surface area contributed by atoms with E-state index in [0.717, 1.165) is 11.4 Å². The third-order valence-electron chi connectivity index (χ3n) is 4.98. The van der Waals surface area contributed by atoms with Crippen LogP contribution in [0.1, 0.15) is 42.6 Å². The van der Waals surface area contributed by atoms with Gasteiger partial charge < -0.3 is 10.2 Å². The van der Waals surface area contributed by atoms with Gasteiger partial charge in [-0.2, -0.15) is 0 Å². The van der Waals surface area contributed by atoms with Crippen molar-refractivity contribution in [2.24, 2.45) is 0 Å². The van der Waals surface area contributed by atoms with Crippen LogP contribution in [0.15, 0.2) is 42.7 Å². The van der Waals surface area contributed by atoms with Crippen LogP contribution in [-0.4, -0.2) is 45.6 Å². The largest absolute Gasteiger partial charge is 0.338 e. The summed E-state index contributed by atoms with van der Waals surface area (Å²) in [6, 6.07) is 8.87. The second-order valence-electron chi connectivity index (χ2n) is 7.30. The second kappa shape index (κ2) is 8.46. The van der Waals surface area contributed by atoms with Crippen LogP contribution in [0.5, 0.6) is 0 Å². The van der Waals surface area contributed by atoms with Gasteiger partial charge in [0.1, 0.15) is 0 Å². The van der Waals surface area contributed by atoms with Crippen LogP contribution in [0.3, 0.4) is 0 Å². The molecular weight excluding hydrogens is 359 g/mol. The number of rotatable bonds is 5. The minimum Gasteiger partial charge on any atom is -0.338 e.